The number of benzene rings is 1. The van der Waals surface area contributed by atoms with Crippen LogP contribution in [0.1, 0.15) is 55.8 Å². The number of hydrogen-bond acceptors (Lipinski definition) is 6. The Morgan fingerprint density at radius 2 is 2.00 bits per heavy atom. The molecule has 1 aromatic carbocycles. The molecular formula is C26H33N3O4. The number of rotatable bonds is 9. The normalized spacial score (nSPS) is 17.9. The quantitative estimate of drug-likeness (QED) is 0.353. The van der Waals surface area contributed by atoms with Gasteiger partial charge in [0.05, 0.1) is 18.2 Å². The smallest absolute Gasteiger partial charge is 0.295 e. The first kappa shape index (κ1) is 24.5. The average molecular weight is 452 g/mol. The van der Waals surface area contributed by atoms with Crippen LogP contribution in [-0.4, -0.2) is 65.4 Å². The van der Waals surface area contributed by atoms with Crippen LogP contribution in [0.5, 0.6) is 5.75 Å². The molecule has 1 N–H and O–H groups in total. The topological polar surface area (TPSA) is 83.0 Å². The lowest BCUT2D eigenvalue weighted by atomic mass is 9.93. The predicted molar refractivity (Wildman–Crippen MR) is 128 cm³/mol. The van der Waals surface area contributed by atoms with Gasteiger partial charge in [-0.15, -0.1) is 0 Å². The van der Waals surface area contributed by atoms with Gasteiger partial charge in [0.1, 0.15) is 11.5 Å². The van der Waals surface area contributed by atoms with E-state index in [9.17, 15) is 14.7 Å². The fraction of sp³-hybridized carbons (Fsp3) is 0.423. The van der Waals surface area contributed by atoms with E-state index in [2.05, 4.69) is 4.98 Å². The highest BCUT2D eigenvalue weighted by atomic mass is 16.5. The molecule has 7 heteroatoms. The van der Waals surface area contributed by atoms with E-state index in [1.165, 1.54) is 0 Å². The Balaban J connectivity index is 2.10. The van der Waals surface area contributed by atoms with Crippen LogP contribution >= 0.6 is 0 Å². The van der Waals surface area contributed by atoms with E-state index in [0.29, 0.717) is 30.7 Å². The lowest BCUT2D eigenvalue weighted by Gasteiger charge is -2.25. The molecule has 0 aliphatic carbocycles. The predicted octanol–water partition coefficient (Wildman–Crippen LogP) is 3.98. The summed E-state index contributed by atoms with van der Waals surface area (Å²) in [4.78, 5) is 33.9. The van der Waals surface area contributed by atoms with E-state index in [1.54, 1.807) is 35.5 Å². The van der Waals surface area contributed by atoms with Crippen LogP contribution in [0, 0.1) is 0 Å². The standard InChI is InChI=1S/C26H33N3O4/c1-6-33-21-11-10-18(15-20(21)17(2)3)24(30)22-23(19-9-7-12-27-16-19)29(26(32)25(22)31)14-8-13-28(4)5/h7,9-12,15-17,23,30H,6,8,13-14H2,1-5H3/b24-22-. The fourth-order valence-corrected chi connectivity index (χ4v) is 4.14. The molecule has 2 heterocycles. The molecule has 33 heavy (non-hydrogen) atoms. The van der Waals surface area contributed by atoms with Gasteiger partial charge in [-0.05, 0) is 75.3 Å². The number of aliphatic hydroxyl groups is 1. The van der Waals surface area contributed by atoms with Gasteiger partial charge in [-0.2, -0.15) is 0 Å². The molecule has 1 unspecified atom stereocenters. The fourth-order valence-electron chi connectivity index (χ4n) is 4.14. The summed E-state index contributed by atoms with van der Waals surface area (Å²) in [6, 6.07) is 8.28. The highest BCUT2D eigenvalue weighted by molar-refractivity contribution is 6.46. The third-order valence-electron chi connectivity index (χ3n) is 5.75. The van der Waals surface area contributed by atoms with E-state index < -0.39 is 17.7 Å². The summed E-state index contributed by atoms with van der Waals surface area (Å²) in [6.07, 6.45) is 3.99. The van der Waals surface area contributed by atoms with E-state index in [0.717, 1.165) is 17.9 Å². The Morgan fingerprint density at radius 1 is 1.24 bits per heavy atom. The molecule has 1 saturated heterocycles. The number of carbonyl (C=O) groups excluding carboxylic acids is 2. The van der Waals surface area contributed by atoms with Gasteiger partial charge in [0.25, 0.3) is 11.7 Å². The Hall–Kier alpha value is -3.19. The molecule has 1 aliphatic heterocycles. The van der Waals surface area contributed by atoms with Crippen molar-refractivity contribution in [3.63, 3.8) is 0 Å². The van der Waals surface area contributed by atoms with Crippen LogP contribution in [0.4, 0.5) is 0 Å². The molecule has 3 rings (SSSR count). The number of Topliss-reactive ketones (excluding diaryl/α,β-unsaturated/α-hetero) is 1. The Labute approximate surface area is 195 Å². The molecule has 0 bridgehead atoms. The minimum atomic E-state index is -0.685. The van der Waals surface area contributed by atoms with Gasteiger partial charge in [0.2, 0.25) is 0 Å². The Bertz CT molecular complexity index is 1030. The van der Waals surface area contributed by atoms with Crippen molar-refractivity contribution in [2.45, 2.75) is 39.2 Å². The second-order valence-electron chi connectivity index (χ2n) is 8.78. The Morgan fingerprint density at radius 3 is 2.61 bits per heavy atom. The minimum Gasteiger partial charge on any atom is -0.507 e. The van der Waals surface area contributed by atoms with Crippen molar-refractivity contribution < 1.29 is 19.4 Å². The van der Waals surface area contributed by atoms with Crippen LogP contribution in [0.25, 0.3) is 5.76 Å². The second-order valence-corrected chi connectivity index (χ2v) is 8.78. The van der Waals surface area contributed by atoms with E-state index in [-0.39, 0.29) is 17.3 Å². The van der Waals surface area contributed by atoms with Crippen molar-refractivity contribution in [3.05, 3.63) is 65.0 Å². The van der Waals surface area contributed by atoms with Crippen molar-refractivity contribution in [2.75, 3.05) is 33.8 Å². The molecule has 1 aliphatic rings. The maximum atomic E-state index is 13.1. The zero-order chi connectivity index (χ0) is 24.1. The second kappa shape index (κ2) is 10.6. The summed E-state index contributed by atoms with van der Waals surface area (Å²) in [7, 11) is 3.93. The highest BCUT2D eigenvalue weighted by Gasteiger charge is 2.45. The van der Waals surface area contributed by atoms with E-state index >= 15 is 0 Å². The van der Waals surface area contributed by atoms with Crippen LogP contribution < -0.4 is 4.74 Å². The van der Waals surface area contributed by atoms with Crippen molar-refractivity contribution in [1.82, 2.24) is 14.8 Å². The number of likely N-dealkylation sites (tertiary alicyclic amines) is 1. The summed E-state index contributed by atoms with van der Waals surface area (Å²) < 4.78 is 5.73. The molecular weight excluding hydrogens is 418 g/mol. The number of ketones is 1. The first-order valence-electron chi connectivity index (χ1n) is 11.4. The van der Waals surface area contributed by atoms with Crippen molar-refractivity contribution in [3.8, 4) is 5.75 Å². The monoisotopic (exact) mass is 451 g/mol. The number of nitrogens with zero attached hydrogens (tertiary/aromatic N) is 3. The van der Waals surface area contributed by atoms with E-state index in [4.69, 9.17) is 4.74 Å². The largest absolute Gasteiger partial charge is 0.507 e. The van der Waals surface area contributed by atoms with Crippen LogP contribution in [0.3, 0.4) is 0 Å². The number of aromatic nitrogens is 1. The SMILES string of the molecule is CCOc1ccc(/C(O)=C2/C(=O)C(=O)N(CCCN(C)C)C2c2cccnc2)cc1C(C)C. The molecule has 0 saturated carbocycles. The zero-order valence-electron chi connectivity index (χ0n) is 20.0. The first-order chi connectivity index (χ1) is 15.8. The van der Waals surface area contributed by atoms with Crippen LogP contribution in [-0.2, 0) is 9.59 Å². The van der Waals surface area contributed by atoms with Gasteiger partial charge in [0.15, 0.2) is 0 Å². The number of amides is 1. The van der Waals surface area contributed by atoms with Crippen molar-refractivity contribution in [1.29, 1.82) is 0 Å². The molecule has 1 atom stereocenters. The summed E-state index contributed by atoms with van der Waals surface area (Å²) in [5, 5.41) is 11.3. The molecule has 1 amide bonds. The number of ether oxygens (including phenoxy) is 1. The molecule has 2 aromatic rings. The van der Waals surface area contributed by atoms with E-state index in [1.807, 2.05) is 51.9 Å². The van der Waals surface area contributed by atoms with Crippen LogP contribution in [0.15, 0.2) is 48.3 Å². The number of pyridine rings is 1. The average Bonchev–Trinajstić information content (AvgIpc) is 3.04. The lowest BCUT2D eigenvalue weighted by Crippen LogP contribution is -2.32. The van der Waals surface area contributed by atoms with Gasteiger partial charge >= 0.3 is 0 Å². The highest BCUT2D eigenvalue weighted by Crippen LogP contribution is 2.40. The van der Waals surface area contributed by atoms with Gasteiger partial charge in [-0.3, -0.25) is 14.6 Å². The van der Waals surface area contributed by atoms with Gasteiger partial charge in [-0.25, -0.2) is 0 Å². The molecule has 0 radical (unpaired) electrons. The number of aliphatic hydroxyl groups excluding tert-OH is 1. The third kappa shape index (κ3) is 5.25. The summed E-state index contributed by atoms with van der Waals surface area (Å²) in [5.74, 6) is -0.550. The summed E-state index contributed by atoms with van der Waals surface area (Å²) in [6.45, 7) is 7.72. The third-order valence-corrected chi connectivity index (χ3v) is 5.75. The van der Waals surface area contributed by atoms with Gasteiger partial charge in [0, 0.05) is 24.5 Å². The van der Waals surface area contributed by atoms with Gasteiger partial charge < -0.3 is 19.6 Å². The summed E-state index contributed by atoms with van der Waals surface area (Å²) >= 11 is 0. The van der Waals surface area contributed by atoms with Gasteiger partial charge in [-0.1, -0.05) is 19.9 Å². The maximum absolute atomic E-state index is 13.1. The van der Waals surface area contributed by atoms with Crippen molar-refractivity contribution in [2.24, 2.45) is 0 Å². The Kier molecular flexibility index (Phi) is 7.87. The lowest BCUT2D eigenvalue weighted by molar-refractivity contribution is -0.139. The molecule has 1 fully saturated rings. The number of carbonyl (C=O) groups is 2. The summed E-state index contributed by atoms with van der Waals surface area (Å²) in [5.41, 5.74) is 2.20. The molecule has 176 valence electrons. The minimum absolute atomic E-state index is 0.0942. The first-order valence-corrected chi connectivity index (χ1v) is 11.4. The molecule has 7 nitrogen and oxygen atoms in total. The number of hydrogen-bond donors (Lipinski definition) is 1. The molecule has 1 aromatic heterocycles. The molecule has 0 spiro atoms. The van der Waals surface area contributed by atoms with Crippen molar-refractivity contribution >= 4 is 17.4 Å². The maximum Gasteiger partial charge on any atom is 0.295 e. The van der Waals surface area contributed by atoms with Crippen LogP contribution in [0.2, 0.25) is 0 Å². The zero-order valence-corrected chi connectivity index (χ0v) is 20.0.